The number of esters is 1. The third kappa shape index (κ3) is 4.74. The number of ether oxygens (including phenoxy) is 3. The zero-order chi connectivity index (χ0) is 21.7. The average molecular weight is 414 g/mol. The number of nitrogens with zero attached hydrogens (tertiary/aromatic N) is 2. The van der Waals surface area contributed by atoms with Crippen LogP contribution < -0.4 is 9.64 Å². The average Bonchev–Trinajstić information content (AvgIpc) is 2.77. The molecular formula is C21H22N2O7. The largest absolute Gasteiger partial charge is 0.496 e. The molecule has 2 aromatic carbocycles. The minimum atomic E-state index is -0.699. The molecule has 0 aliphatic carbocycles. The van der Waals surface area contributed by atoms with Gasteiger partial charge in [-0.1, -0.05) is 0 Å². The zero-order valence-electron chi connectivity index (χ0n) is 16.8. The topological polar surface area (TPSA) is 108 Å². The number of rotatable bonds is 7. The van der Waals surface area contributed by atoms with Gasteiger partial charge in [-0.15, -0.1) is 0 Å². The van der Waals surface area contributed by atoms with Gasteiger partial charge in [-0.3, -0.25) is 14.9 Å². The van der Waals surface area contributed by atoms with Gasteiger partial charge in [0.1, 0.15) is 12.4 Å². The normalized spacial score (nSPS) is 13.6. The molecule has 0 unspecified atom stereocenters. The van der Waals surface area contributed by atoms with Crippen molar-refractivity contribution in [3.8, 4) is 5.75 Å². The molecule has 1 heterocycles. The molecule has 9 nitrogen and oxygen atoms in total. The number of hydrogen-bond acceptors (Lipinski definition) is 8. The number of carbonyl (C=O) groups excluding carboxylic acids is 2. The number of nitro benzene ring substituents is 1. The summed E-state index contributed by atoms with van der Waals surface area (Å²) >= 11 is 0. The summed E-state index contributed by atoms with van der Waals surface area (Å²) in [5.41, 5.74) is 1.45. The molecule has 9 heteroatoms. The molecule has 1 aliphatic heterocycles. The summed E-state index contributed by atoms with van der Waals surface area (Å²) in [6.45, 7) is 3.42. The number of Topliss-reactive ketones (excluding diaryl/α,β-unsaturated/α-hetero) is 1. The van der Waals surface area contributed by atoms with E-state index in [-0.39, 0.29) is 23.6 Å². The molecular weight excluding hydrogens is 392 g/mol. The number of benzene rings is 2. The van der Waals surface area contributed by atoms with Crippen LogP contribution >= 0.6 is 0 Å². The second-order valence-corrected chi connectivity index (χ2v) is 6.72. The lowest BCUT2D eigenvalue weighted by molar-refractivity contribution is -0.384. The Balaban J connectivity index is 1.87. The second kappa shape index (κ2) is 9.36. The van der Waals surface area contributed by atoms with Crippen LogP contribution in [0.2, 0.25) is 0 Å². The Labute approximate surface area is 173 Å². The Bertz CT molecular complexity index is 968. The Hall–Kier alpha value is -3.46. The highest BCUT2D eigenvalue weighted by molar-refractivity contribution is 5.97. The van der Waals surface area contributed by atoms with E-state index in [9.17, 15) is 19.7 Å². The van der Waals surface area contributed by atoms with Crippen molar-refractivity contribution in [2.45, 2.75) is 13.5 Å². The van der Waals surface area contributed by atoms with E-state index < -0.39 is 10.9 Å². The number of anilines is 1. The van der Waals surface area contributed by atoms with Crippen LogP contribution in [-0.2, 0) is 16.1 Å². The molecule has 1 aliphatic rings. The third-order valence-electron chi connectivity index (χ3n) is 4.81. The van der Waals surface area contributed by atoms with E-state index in [1.54, 1.807) is 24.3 Å². The van der Waals surface area contributed by atoms with Crippen LogP contribution in [-0.4, -0.2) is 50.1 Å². The van der Waals surface area contributed by atoms with Gasteiger partial charge in [0.05, 0.1) is 36.5 Å². The van der Waals surface area contributed by atoms with Crippen molar-refractivity contribution < 1.29 is 28.7 Å². The van der Waals surface area contributed by atoms with Crippen molar-refractivity contribution in [3.05, 3.63) is 63.2 Å². The number of carbonyl (C=O) groups is 2. The lowest BCUT2D eigenvalue weighted by Gasteiger charge is -2.30. The molecule has 0 bridgehead atoms. The first-order valence-electron chi connectivity index (χ1n) is 9.37. The first-order chi connectivity index (χ1) is 14.4. The van der Waals surface area contributed by atoms with E-state index >= 15 is 0 Å². The van der Waals surface area contributed by atoms with E-state index in [2.05, 4.69) is 0 Å². The van der Waals surface area contributed by atoms with Crippen LogP contribution in [0.4, 0.5) is 11.4 Å². The van der Waals surface area contributed by atoms with Crippen molar-refractivity contribution in [1.29, 1.82) is 0 Å². The maximum absolute atomic E-state index is 12.9. The molecule has 0 saturated carbocycles. The van der Waals surface area contributed by atoms with E-state index in [1.165, 1.54) is 26.2 Å². The van der Waals surface area contributed by atoms with Crippen molar-refractivity contribution >= 4 is 23.1 Å². The predicted octanol–water partition coefficient (Wildman–Crippen LogP) is 3.00. The number of nitro groups is 1. The molecule has 0 atom stereocenters. The Morgan fingerprint density at radius 1 is 1.17 bits per heavy atom. The zero-order valence-corrected chi connectivity index (χ0v) is 16.8. The van der Waals surface area contributed by atoms with E-state index in [0.29, 0.717) is 48.9 Å². The molecule has 2 aromatic rings. The SMILES string of the molecule is COc1ccc(C(C)=O)cc1COC(=O)c1cc([N+](=O)[O-])ccc1N1CCOCC1. The molecule has 3 rings (SSSR count). The fraction of sp³-hybridized carbons (Fsp3) is 0.333. The van der Waals surface area contributed by atoms with Gasteiger partial charge in [0, 0.05) is 36.3 Å². The first-order valence-corrected chi connectivity index (χ1v) is 9.37. The van der Waals surface area contributed by atoms with Crippen LogP contribution in [0.1, 0.15) is 33.2 Å². The van der Waals surface area contributed by atoms with E-state index in [4.69, 9.17) is 14.2 Å². The molecule has 30 heavy (non-hydrogen) atoms. The molecule has 0 radical (unpaired) electrons. The Morgan fingerprint density at radius 2 is 1.90 bits per heavy atom. The minimum absolute atomic E-state index is 0.104. The molecule has 0 spiro atoms. The van der Waals surface area contributed by atoms with Gasteiger partial charge in [-0.05, 0) is 31.2 Å². The monoisotopic (exact) mass is 414 g/mol. The summed E-state index contributed by atoms with van der Waals surface area (Å²) in [4.78, 5) is 37.1. The van der Waals surface area contributed by atoms with Crippen LogP contribution in [0.3, 0.4) is 0 Å². The van der Waals surface area contributed by atoms with Crippen LogP contribution in [0.5, 0.6) is 5.75 Å². The van der Waals surface area contributed by atoms with Gasteiger partial charge < -0.3 is 19.1 Å². The molecule has 1 fully saturated rings. The van der Waals surface area contributed by atoms with E-state index in [0.717, 1.165) is 0 Å². The summed E-state index contributed by atoms with van der Waals surface area (Å²) in [6, 6.07) is 9.00. The molecule has 0 aromatic heterocycles. The summed E-state index contributed by atoms with van der Waals surface area (Å²) in [7, 11) is 1.48. The van der Waals surface area contributed by atoms with Crippen molar-refractivity contribution in [2.75, 3.05) is 38.3 Å². The van der Waals surface area contributed by atoms with Crippen LogP contribution in [0.25, 0.3) is 0 Å². The fourth-order valence-corrected chi connectivity index (χ4v) is 3.21. The highest BCUT2D eigenvalue weighted by atomic mass is 16.6. The second-order valence-electron chi connectivity index (χ2n) is 6.72. The summed E-state index contributed by atoms with van der Waals surface area (Å²) in [6.07, 6.45) is 0. The number of morpholine rings is 1. The first kappa shape index (κ1) is 21.3. The highest BCUT2D eigenvalue weighted by Gasteiger charge is 2.23. The highest BCUT2D eigenvalue weighted by Crippen LogP contribution is 2.28. The van der Waals surface area contributed by atoms with Gasteiger partial charge in [0.15, 0.2) is 5.78 Å². The molecule has 0 N–H and O–H groups in total. The molecule has 0 amide bonds. The number of hydrogen-bond donors (Lipinski definition) is 0. The number of methoxy groups -OCH3 is 1. The summed E-state index contributed by atoms with van der Waals surface area (Å²) in [5.74, 6) is -0.353. The predicted molar refractivity (Wildman–Crippen MR) is 108 cm³/mol. The number of non-ortho nitro benzene ring substituents is 1. The lowest BCUT2D eigenvalue weighted by Crippen LogP contribution is -2.37. The molecule has 1 saturated heterocycles. The van der Waals surface area contributed by atoms with Gasteiger partial charge in [0.2, 0.25) is 0 Å². The Morgan fingerprint density at radius 3 is 2.53 bits per heavy atom. The summed E-state index contributed by atoms with van der Waals surface area (Å²) in [5, 5.41) is 11.2. The van der Waals surface area contributed by atoms with Crippen LogP contribution in [0, 0.1) is 10.1 Å². The van der Waals surface area contributed by atoms with Gasteiger partial charge >= 0.3 is 5.97 Å². The smallest absolute Gasteiger partial charge is 0.340 e. The van der Waals surface area contributed by atoms with Crippen LogP contribution in [0.15, 0.2) is 36.4 Å². The van der Waals surface area contributed by atoms with E-state index in [1.807, 2.05) is 4.90 Å². The maximum Gasteiger partial charge on any atom is 0.340 e. The van der Waals surface area contributed by atoms with Gasteiger partial charge in [0.25, 0.3) is 5.69 Å². The summed E-state index contributed by atoms with van der Waals surface area (Å²) < 4.78 is 16.1. The maximum atomic E-state index is 12.9. The van der Waals surface area contributed by atoms with Crippen molar-refractivity contribution in [1.82, 2.24) is 0 Å². The van der Waals surface area contributed by atoms with Gasteiger partial charge in [-0.2, -0.15) is 0 Å². The minimum Gasteiger partial charge on any atom is -0.496 e. The Kier molecular flexibility index (Phi) is 6.63. The standard InChI is InChI=1S/C21H22N2O7/c1-14(24)15-3-6-20(28-2)16(11-15)13-30-21(25)18-12-17(23(26)27)4-5-19(18)22-7-9-29-10-8-22/h3-6,11-12H,7-10,13H2,1-2H3. The number of ketones is 1. The molecule has 158 valence electrons. The third-order valence-corrected chi connectivity index (χ3v) is 4.81. The van der Waals surface area contributed by atoms with Gasteiger partial charge in [-0.25, -0.2) is 4.79 Å². The fourth-order valence-electron chi connectivity index (χ4n) is 3.21. The van der Waals surface area contributed by atoms with Crippen molar-refractivity contribution in [2.24, 2.45) is 0 Å². The lowest BCUT2D eigenvalue weighted by atomic mass is 10.1. The van der Waals surface area contributed by atoms with Crippen molar-refractivity contribution in [3.63, 3.8) is 0 Å². The quantitative estimate of drug-likeness (QED) is 0.294.